The van der Waals surface area contributed by atoms with Gasteiger partial charge in [0.15, 0.2) is 23.1 Å². The second-order valence-corrected chi connectivity index (χ2v) is 4.34. The van der Waals surface area contributed by atoms with Gasteiger partial charge in [0.1, 0.15) is 5.82 Å². The Hall–Kier alpha value is -2.52. The summed E-state index contributed by atoms with van der Waals surface area (Å²) in [5.41, 5.74) is -1.83. The number of anilines is 3. The van der Waals surface area contributed by atoms with E-state index in [-0.39, 0.29) is 12.5 Å². The summed E-state index contributed by atoms with van der Waals surface area (Å²) in [4.78, 5) is 6.98. The lowest BCUT2D eigenvalue weighted by molar-refractivity contribution is -0.141. The summed E-state index contributed by atoms with van der Waals surface area (Å²) in [5.74, 6) is -5.49. The third-order valence-electron chi connectivity index (χ3n) is 2.65. The van der Waals surface area contributed by atoms with Crippen LogP contribution in [-0.2, 0) is 6.18 Å². The van der Waals surface area contributed by atoms with Gasteiger partial charge in [-0.25, -0.2) is 18.2 Å². The highest BCUT2D eigenvalue weighted by molar-refractivity contribution is 5.58. The van der Waals surface area contributed by atoms with Crippen LogP contribution >= 0.6 is 0 Å². The highest BCUT2D eigenvalue weighted by Gasteiger charge is 2.33. The molecule has 0 atom stereocenters. The number of alkyl halides is 3. The lowest BCUT2D eigenvalue weighted by atomic mass is 10.2. The molecule has 0 amide bonds. The van der Waals surface area contributed by atoms with Crippen molar-refractivity contribution < 1.29 is 26.3 Å². The Bertz CT molecular complexity index is 716. The molecule has 0 bridgehead atoms. The smallest absolute Gasteiger partial charge is 0.354 e. The lowest BCUT2D eigenvalue weighted by Crippen LogP contribution is -2.13. The van der Waals surface area contributed by atoms with E-state index in [2.05, 4.69) is 20.6 Å². The van der Waals surface area contributed by atoms with Crippen LogP contribution in [0.3, 0.4) is 0 Å². The first-order valence-electron chi connectivity index (χ1n) is 6.33. The minimum Gasteiger partial charge on any atom is -0.354 e. The van der Waals surface area contributed by atoms with Crippen LogP contribution in [0.4, 0.5) is 43.8 Å². The standard InChI is InChI=1S/C13H10F6N4/c1-2-20-12-22-8(13(17,18)19)5-9(23-12)21-7-4-3-6(14)10(15)11(7)16/h3-5H,2H2,1H3,(H2,20,21,22,23). The fourth-order valence-corrected chi connectivity index (χ4v) is 1.65. The third kappa shape index (κ3) is 3.82. The number of hydrogen-bond acceptors (Lipinski definition) is 4. The quantitative estimate of drug-likeness (QED) is 0.652. The summed E-state index contributed by atoms with van der Waals surface area (Å²) in [6, 6.07) is 2.01. The van der Waals surface area contributed by atoms with Gasteiger partial charge in [0.05, 0.1) is 5.69 Å². The molecule has 1 heterocycles. The average Bonchev–Trinajstić information content (AvgIpc) is 2.47. The summed E-state index contributed by atoms with van der Waals surface area (Å²) >= 11 is 0. The fourth-order valence-electron chi connectivity index (χ4n) is 1.65. The van der Waals surface area contributed by atoms with E-state index in [0.29, 0.717) is 12.1 Å². The van der Waals surface area contributed by atoms with Gasteiger partial charge in [0, 0.05) is 12.6 Å². The molecule has 10 heteroatoms. The number of aromatic nitrogens is 2. The highest BCUT2D eigenvalue weighted by Crippen LogP contribution is 2.31. The Morgan fingerprint density at radius 1 is 1.04 bits per heavy atom. The molecule has 1 aromatic heterocycles. The number of nitrogens with one attached hydrogen (secondary N) is 2. The van der Waals surface area contributed by atoms with Gasteiger partial charge in [-0.2, -0.15) is 18.2 Å². The highest BCUT2D eigenvalue weighted by atomic mass is 19.4. The van der Waals surface area contributed by atoms with Crippen molar-refractivity contribution in [3.8, 4) is 0 Å². The summed E-state index contributed by atoms with van der Waals surface area (Å²) in [6.07, 6.45) is -4.75. The Kier molecular flexibility index (Phi) is 4.62. The van der Waals surface area contributed by atoms with Crippen LogP contribution in [-0.4, -0.2) is 16.5 Å². The normalized spacial score (nSPS) is 11.4. The van der Waals surface area contributed by atoms with Gasteiger partial charge in [0.2, 0.25) is 5.95 Å². The largest absolute Gasteiger partial charge is 0.433 e. The second kappa shape index (κ2) is 6.31. The van der Waals surface area contributed by atoms with Crippen molar-refractivity contribution in [2.75, 3.05) is 17.2 Å². The van der Waals surface area contributed by atoms with Crippen molar-refractivity contribution in [3.63, 3.8) is 0 Å². The number of hydrogen-bond donors (Lipinski definition) is 2. The minimum absolute atomic E-state index is 0.250. The maximum Gasteiger partial charge on any atom is 0.433 e. The summed E-state index contributed by atoms with van der Waals surface area (Å²) in [5, 5.41) is 4.67. The van der Waals surface area contributed by atoms with Gasteiger partial charge in [-0.05, 0) is 19.1 Å². The Balaban J connectivity index is 2.43. The summed E-state index contributed by atoms with van der Waals surface area (Å²) in [7, 11) is 0. The molecule has 0 spiro atoms. The SMILES string of the molecule is CCNc1nc(Nc2ccc(F)c(F)c2F)cc(C(F)(F)F)n1. The van der Waals surface area contributed by atoms with Crippen LogP contribution in [0.5, 0.6) is 0 Å². The predicted octanol–water partition coefficient (Wildman–Crippen LogP) is 4.09. The molecular formula is C13H10F6N4. The van der Waals surface area contributed by atoms with Crippen LogP contribution in [0.25, 0.3) is 0 Å². The first kappa shape index (κ1) is 16.8. The molecular weight excluding hydrogens is 326 g/mol. The van der Waals surface area contributed by atoms with Gasteiger partial charge in [-0.15, -0.1) is 0 Å². The average molecular weight is 336 g/mol. The van der Waals surface area contributed by atoms with Crippen LogP contribution in [0.1, 0.15) is 12.6 Å². The second-order valence-electron chi connectivity index (χ2n) is 4.34. The van der Waals surface area contributed by atoms with E-state index >= 15 is 0 Å². The van der Waals surface area contributed by atoms with Crippen molar-refractivity contribution in [2.45, 2.75) is 13.1 Å². The van der Waals surface area contributed by atoms with Crippen LogP contribution in [0, 0.1) is 17.5 Å². The number of halogens is 6. The van der Waals surface area contributed by atoms with Crippen molar-refractivity contribution in [3.05, 3.63) is 41.3 Å². The first-order valence-corrected chi connectivity index (χ1v) is 6.33. The van der Waals surface area contributed by atoms with Gasteiger partial charge in [-0.3, -0.25) is 0 Å². The van der Waals surface area contributed by atoms with Gasteiger partial charge in [-0.1, -0.05) is 0 Å². The zero-order valence-electron chi connectivity index (χ0n) is 11.6. The molecule has 124 valence electrons. The van der Waals surface area contributed by atoms with E-state index in [0.717, 1.165) is 6.07 Å². The summed E-state index contributed by atoms with van der Waals surface area (Å²) < 4.78 is 78.0. The Labute approximate surface area is 126 Å². The molecule has 2 rings (SSSR count). The molecule has 0 aliphatic carbocycles. The zero-order valence-corrected chi connectivity index (χ0v) is 11.6. The molecule has 0 aliphatic rings. The molecule has 0 saturated carbocycles. The maximum atomic E-state index is 13.6. The Morgan fingerprint density at radius 2 is 1.74 bits per heavy atom. The number of nitrogens with zero attached hydrogens (tertiary/aromatic N) is 2. The van der Waals surface area contributed by atoms with Crippen LogP contribution in [0.15, 0.2) is 18.2 Å². The van der Waals surface area contributed by atoms with Crippen molar-refractivity contribution in [1.29, 1.82) is 0 Å². The van der Waals surface area contributed by atoms with Gasteiger partial charge >= 0.3 is 6.18 Å². The van der Waals surface area contributed by atoms with Gasteiger partial charge < -0.3 is 10.6 Å². The molecule has 0 saturated heterocycles. The molecule has 0 aliphatic heterocycles. The molecule has 2 aromatic rings. The molecule has 0 radical (unpaired) electrons. The molecule has 23 heavy (non-hydrogen) atoms. The zero-order chi connectivity index (χ0) is 17.2. The molecule has 0 fully saturated rings. The lowest BCUT2D eigenvalue weighted by Gasteiger charge is -2.12. The van der Waals surface area contributed by atoms with Crippen LogP contribution in [0.2, 0.25) is 0 Å². The van der Waals surface area contributed by atoms with E-state index < -0.39 is 40.8 Å². The van der Waals surface area contributed by atoms with Crippen molar-refractivity contribution >= 4 is 17.5 Å². The van der Waals surface area contributed by atoms with E-state index in [9.17, 15) is 26.3 Å². The minimum atomic E-state index is -4.75. The molecule has 4 nitrogen and oxygen atoms in total. The summed E-state index contributed by atoms with van der Waals surface area (Å²) in [6.45, 7) is 1.87. The number of rotatable bonds is 4. The van der Waals surface area contributed by atoms with E-state index in [1.54, 1.807) is 6.92 Å². The topological polar surface area (TPSA) is 49.8 Å². The Morgan fingerprint density at radius 3 is 2.35 bits per heavy atom. The third-order valence-corrected chi connectivity index (χ3v) is 2.65. The van der Waals surface area contributed by atoms with Crippen LogP contribution < -0.4 is 10.6 Å². The van der Waals surface area contributed by atoms with Gasteiger partial charge in [0.25, 0.3) is 0 Å². The molecule has 2 N–H and O–H groups in total. The number of benzene rings is 1. The maximum absolute atomic E-state index is 13.6. The first-order chi connectivity index (χ1) is 10.7. The van der Waals surface area contributed by atoms with Crippen molar-refractivity contribution in [2.24, 2.45) is 0 Å². The van der Waals surface area contributed by atoms with E-state index in [4.69, 9.17) is 0 Å². The van der Waals surface area contributed by atoms with E-state index in [1.165, 1.54) is 0 Å². The predicted molar refractivity (Wildman–Crippen MR) is 70.8 cm³/mol. The monoisotopic (exact) mass is 336 g/mol. The fraction of sp³-hybridized carbons (Fsp3) is 0.231. The van der Waals surface area contributed by atoms with Crippen molar-refractivity contribution in [1.82, 2.24) is 9.97 Å². The molecule has 1 aromatic carbocycles. The van der Waals surface area contributed by atoms with E-state index in [1.807, 2.05) is 0 Å². The molecule has 0 unspecified atom stereocenters.